The summed E-state index contributed by atoms with van der Waals surface area (Å²) in [7, 11) is 1.50. The molecule has 0 saturated heterocycles. The monoisotopic (exact) mass is 330 g/mol. The molecule has 1 aromatic heterocycles. The molecule has 0 spiro atoms. The highest BCUT2D eigenvalue weighted by atomic mass is 16.5. The highest BCUT2D eigenvalue weighted by Crippen LogP contribution is 2.27. The lowest BCUT2D eigenvalue weighted by Crippen LogP contribution is -2.24. The van der Waals surface area contributed by atoms with Gasteiger partial charge in [0.15, 0.2) is 17.3 Å². The van der Waals surface area contributed by atoms with Gasteiger partial charge in [-0.1, -0.05) is 12.1 Å². The maximum atomic E-state index is 12.1. The van der Waals surface area contributed by atoms with Gasteiger partial charge < -0.3 is 25.5 Å². The second kappa shape index (κ2) is 8.05. The lowest BCUT2D eigenvalue weighted by atomic mass is 10.2. The van der Waals surface area contributed by atoms with Crippen molar-refractivity contribution < 1.29 is 14.6 Å². The summed E-state index contributed by atoms with van der Waals surface area (Å²) in [5.41, 5.74) is 1.24. The van der Waals surface area contributed by atoms with Crippen LogP contribution < -0.4 is 15.4 Å². The van der Waals surface area contributed by atoms with Crippen molar-refractivity contribution in [2.24, 2.45) is 0 Å². The number of anilines is 1. The molecule has 0 atom stereocenters. The summed E-state index contributed by atoms with van der Waals surface area (Å²) >= 11 is 0. The Bertz CT molecular complexity index is 737. The fraction of sp³-hybridized carbons (Fsp3) is 0.294. The van der Waals surface area contributed by atoms with Crippen molar-refractivity contribution in [2.75, 3.05) is 25.5 Å². The van der Waals surface area contributed by atoms with Gasteiger partial charge in [-0.3, -0.25) is 4.79 Å². The van der Waals surface area contributed by atoms with Gasteiger partial charge >= 0.3 is 0 Å². The van der Waals surface area contributed by atoms with E-state index >= 15 is 0 Å². The Kier molecular flexibility index (Phi) is 5.83. The Morgan fingerprint density at radius 1 is 1.33 bits per heavy atom. The summed E-state index contributed by atoms with van der Waals surface area (Å²) in [4.78, 5) is 19.4. The lowest BCUT2D eigenvalue weighted by Gasteiger charge is -2.03. The van der Waals surface area contributed by atoms with Gasteiger partial charge in [0.2, 0.25) is 0 Å². The van der Waals surface area contributed by atoms with Crippen LogP contribution >= 0.6 is 0 Å². The molecule has 0 unspecified atom stereocenters. The molecule has 24 heavy (non-hydrogen) atoms. The summed E-state index contributed by atoms with van der Waals surface area (Å²) in [5.74, 6) is 1.35. The van der Waals surface area contributed by atoms with Gasteiger partial charge in [-0.15, -0.1) is 0 Å². The zero-order chi connectivity index (χ0) is 17.5. The summed E-state index contributed by atoms with van der Waals surface area (Å²) < 4.78 is 5.08. The van der Waals surface area contributed by atoms with Crippen LogP contribution in [0.1, 0.15) is 35.7 Å². The van der Waals surface area contributed by atoms with Crippen LogP contribution in [0.3, 0.4) is 0 Å². The van der Waals surface area contributed by atoms with Gasteiger partial charge in [0, 0.05) is 13.1 Å². The average Bonchev–Trinajstić information content (AvgIpc) is 2.98. The predicted molar refractivity (Wildman–Crippen MR) is 94.3 cm³/mol. The van der Waals surface area contributed by atoms with E-state index in [-0.39, 0.29) is 11.7 Å². The number of ether oxygens (including phenoxy) is 1. The number of nitrogens with zero attached hydrogens (tertiary/aromatic N) is 1. The van der Waals surface area contributed by atoms with Crippen LogP contribution in [-0.2, 0) is 0 Å². The molecule has 0 aliphatic heterocycles. The van der Waals surface area contributed by atoms with E-state index in [1.54, 1.807) is 24.3 Å². The van der Waals surface area contributed by atoms with Crippen molar-refractivity contribution in [2.45, 2.75) is 13.8 Å². The fourth-order valence-electron chi connectivity index (χ4n) is 2.15. The van der Waals surface area contributed by atoms with Gasteiger partial charge in [0.25, 0.3) is 5.91 Å². The SMILES string of the molecule is CCNC(=O)c1[nH]c(/C=C/c2ccc(O)c(OC)c2)nc1NCC. The number of phenolic OH excluding ortho intramolecular Hbond substituents is 1. The Balaban J connectivity index is 2.25. The number of carbonyl (C=O) groups is 1. The van der Waals surface area contributed by atoms with Crippen LogP contribution in [0, 0.1) is 0 Å². The van der Waals surface area contributed by atoms with E-state index < -0.39 is 0 Å². The molecule has 0 radical (unpaired) electrons. The Morgan fingerprint density at radius 2 is 2.12 bits per heavy atom. The summed E-state index contributed by atoms with van der Waals surface area (Å²) in [6, 6.07) is 5.03. The number of phenols is 1. The molecule has 0 bridgehead atoms. The van der Waals surface area contributed by atoms with Crippen LogP contribution in [0.4, 0.5) is 5.82 Å². The number of aromatic amines is 1. The average molecular weight is 330 g/mol. The third-order valence-electron chi connectivity index (χ3n) is 3.27. The smallest absolute Gasteiger partial charge is 0.271 e. The molecule has 128 valence electrons. The van der Waals surface area contributed by atoms with Crippen molar-refractivity contribution >= 4 is 23.9 Å². The number of aromatic hydroxyl groups is 1. The molecule has 0 aliphatic rings. The minimum Gasteiger partial charge on any atom is -0.504 e. The van der Waals surface area contributed by atoms with E-state index in [4.69, 9.17) is 4.74 Å². The molecular weight excluding hydrogens is 308 g/mol. The van der Waals surface area contributed by atoms with E-state index in [0.29, 0.717) is 36.2 Å². The van der Waals surface area contributed by atoms with Gasteiger partial charge in [0.05, 0.1) is 7.11 Å². The maximum absolute atomic E-state index is 12.1. The third-order valence-corrected chi connectivity index (χ3v) is 3.27. The minimum atomic E-state index is -0.202. The van der Waals surface area contributed by atoms with Crippen LogP contribution in [0.2, 0.25) is 0 Å². The summed E-state index contributed by atoms with van der Waals surface area (Å²) in [6.07, 6.45) is 3.58. The van der Waals surface area contributed by atoms with Crippen molar-refractivity contribution in [1.29, 1.82) is 0 Å². The van der Waals surface area contributed by atoms with Crippen LogP contribution in [0.15, 0.2) is 18.2 Å². The largest absolute Gasteiger partial charge is 0.504 e. The van der Waals surface area contributed by atoms with E-state index in [2.05, 4.69) is 20.6 Å². The number of hydrogen-bond acceptors (Lipinski definition) is 5. The number of imidazole rings is 1. The maximum Gasteiger partial charge on any atom is 0.271 e. The highest BCUT2D eigenvalue weighted by molar-refractivity contribution is 5.97. The van der Waals surface area contributed by atoms with E-state index in [9.17, 15) is 9.90 Å². The number of methoxy groups -OCH3 is 1. The lowest BCUT2D eigenvalue weighted by molar-refractivity contribution is 0.0952. The first-order valence-corrected chi connectivity index (χ1v) is 7.76. The minimum absolute atomic E-state index is 0.0839. The molecule has 4 N–H and O–H groups in total. The molecule has 0 aliphatic carbocycles. The van der Waals surface area contributed by atoms with Crippen LogP contribution in [0.25, 0.3) is 12.2 Å². The number of amides is 1. The highest BCUT2D eigenvalue weighted by Gasteiger charge is 2.15. The van der Waals surface area contributed by atoms with Crippen molar-refractivity contribution in [1.82, 2.24) is 15.3 Å². The van der Waals surface area contributed by atoms with Gasteiger partial charge in [-0.25, -0.2) is 4.98 Å². The third kappa shape index (κ3) is 4.07. The normalized spacial score (nSPS) is 10.8. The molecule has 2 aromatic rings. The van der Waals surface area contributed by atoms with Crippen LogP contribution in [-0.4, -0.2) is 41.2 Å². The number of nitrogens with one attached hydrogen (secondary N) is 3. The molecule has 1 aromatic carbocycles. The Hall–Kier alpha value is -2.96. The summed E-state index contributed by atoms with van der Waals surface area (Å²) in [6.45, 7) is 5.01. The van der Waals surface area contributed by atoms with E-state index in [0.717, 1.165) is 5.56 Å². The van der Waals surface area contributed by atoms with Crippen molar-refractivity contribution in [3.8, 4) is 11.5 Å². The second-order valence-electron chi connectivity index (χ2n) is 5.00. The van der Waals surface area contributed by atoms with Crippen molar-refractivity contribution in [3.63, 3.8) is 0 Å². The number of rotatable bonds is 7. The molecular formula is C17H22N4O3. The first-order chi connectivity index (χ1) is 11.6. The Morgan fingerprint density at radius 3 is 2.79 bits per heavy atom. The van der Waals surface area contributed by atoms with E-state index in [1.807, 2.05) is 19.9 Å². The number of hydrogen-bond donors (Lipinski definition) is 4. The second-order valence-corrected chi connectivity index (χ2v) is 5.00. The Labute approximate surface area is 140 Å². The summed E-state index contributed by atoms with van der Waals surface area (Å²) in [5, 5.41) is 15.4. The number of H-pyrrole nitrogens is 1. The van der Waals surface area contributed by atoms with Crippen molar-refractivity contribution in [3.05, 3.63) is 35.3 Å². The molecule has 1 heterocycles. The molecule has 0 saturated carbocycles. The molecule has 7 nitrogen and oxygen atoms in total. The van der Waals surface area contributed by atoms with Gasteiger partial charge in [0.1, 0.15) is 11.5 Å². The zero-order valence-corrected chi connectivity index (χ0v) is 14.0. The fourth-order valence-corrected chi connectivity index (χ4v) is 2.15. The van der Waals surface area contributed by atoms with E-state index in [1.165, 1.54) is 7.11 Å². The number of carbonyl (C=O) groups excluding carboxylic acids is 1. The number of aromatic nitrogens is 2. The molecule has 0 fully saturated rings. The molecule has 7 heteroatoms. The zero-order valence-electron chi connectivity index (χ0n) is 14.0. The molecule has 1 amide bonds. The van der Waals surface area contributed by atoms with Gasteiger partial charge in [-0.2, -0.15) is 0 Å². The first-order valence-electron chi connectivity index (χ1n) is 7.76. The first kappa shape index (κ1) is 17.4. The van der Waals surface area contributed by atoms with Crippen LogP contribution in [0.5, 0.6) is 11.5 Å². The molecule has 2 rings (SSSR count). The number of benzene rings is 1. The topological polar surface area (TPSA) is 99.3 Å². The quantitative estimate of drug-likeness (QED) is 0.625. The van der Waals surface area contributed by atoms with Gasteiger partial charge in [-0.05, 0) is 37.6 Å². The predicted octanol–water partition coefficient (Wildman–Crippen LogP) is 2.48. The standard InChI is InChI=1S/C17H22N4O3/c1-4-18-16-15(17(23)19-5-2)20-14(21-16)9-7-11-6-8-12(22)13(10-11)24-3/h6-10,18,22H,4-5H2,1-3H3,(H,19,23)(H,20,21)/b9-7+.